The van der Waals surface area contributed by atoms with E-state index in [1.807, 2.05) is 29.2 Å². The Morgan fingerprint density at radius 3 is 2.69 bits per heavy atom. The number of halogens is 1. The molecule has 3 aliphatic heterocycles. The number of benzene rings is 2. The first-order valence-corrected chi connectivity index (χ1v) is 14.9. The number of thioether (sulfide) groups is 1. The van der Waals surface area contributed by atoms with Crippen molar-refractivity contribution in [1.82, 2.24) is 15.2 Å². The summed E-state index contributed by atoms with van der Waals surface area (Å²) in [5.74, 6) is -0.137. The number of rotatable bonds is 7. The number of aliphatic hydroxyl groups excluding tert-OH is 1. The average Bonchev–Trinajstić information content (AvgIpc) is 3.33. The van der Waals surface area contributed by atoms with Gasteiger partial charge in [-0.15, -0.1) is 11.8 Å². The summed E-state index contributed by atoms with van der Waals surface area (Å²) in [6.07, 6.45) is 3.18. The highest BCUT2D eigenvalue weighted by Gasteiger charge is 2.40. The van der Waals surface area contributed by atoms with Crippen LogP contribution in [-0.2, 0) is 17.9 Å². The minimum atomic E-state index is -1.09. The van der Waals surface area contributed by atoms with Gasteiger partial charge in [0.15, 0.2) is 0 Å². The third kappa shape index (κ3) is 5.78. The van der Waals surface area contributed by atoms with Crippen LogP contribution in [0, 0.1) is 17.1 Å². The fourth-order valence-electron chi connectivity index (χ4n) is 5.77. The van der Waals surface area contributed by atoms with Gasteiger partial charge < -0.3 is 25.0 Å². The number of nitrogens with zero attached hydrogens (tertiary/aromatic N) is 4. The number of carbonyl (C=O) groups excluding carboxylic acids is 2. The number of pyridine rings is 1. The van der Waals surface area contributed by atoms with Crippen molar-refractivity contribution in [3.8, 4) is 11.8 Å². The van der Waals surface area contributed by atoms with Crippen molar-refractivity contribution in [2.45, 2.75) is 61.4 Å². The highest BCUT2D eigenvalue weighted by atomic mass is 32.2. The number of carbonyl (C=O) groups is 2. The molecule has 42 heavy (non-hydrogen) atoms. The van der Waals surface area contributed by atoms with Crippen molar-refractivity contribution in [2.24, 2.45) is 0 Å². The van der Waals surface area contributed by atoms with Crippen molar-refractivity contribution in [3.63, 3.8) is 0 Å². The summed E-state index contributed by atoms with van der Waals surface area (Å²) in [7, 11) is 0. The van der Waals surface area contributed by atoms with Crippen LogP contribution in [0.15, 0.2) is 59.8 Å². The Bertz CT molecular complexity index is 1540. The molecular weight excluding hydrogens is 557 g/mol. The van der Waals surface area contributed by atoms with E-state index in [0.717, 1.165) is 42.1 Å². The quantitative estimate of drug-likeness (QED) is 0.426. The van der Waals surface area contributed by atoms with Crippen LogP contribution in [0.3, 0.4) is 0 Å². The maximum atomic E-state index is 14.4. The van der Waals surface area contributed by atoms with Crippen LogP contribution in [0.1, 0.15) is 52.7 Å². The average molecular weight is 588 g/mol. The zero-order valence-electron chi connectivity index (χ0n) is 22.8. The van der Waals surface area contributed by atoms with Gasteiger partial charge in [0.2, 0.25) is 5.91 Å². The Balaban J connectivity index is 1.02. The molecule has 216 valence electrons. The van der Waals surface area contributed by atoms with Crippen molar-refractivity contribution >= 4 is 29.3 Å². The molecule has 9 nitrogen and oxygen atoms in total. The van der Waals surface area contributed by atoms with Gasteiger partial charge in [-0.3, -0.25) is 9.59 Å². The highest BCUT2D eigenvalue weighted by Crippen LogP contribution is 2.35. The van der Waals surface area contributed by atoms with Crippen LogP contribution in [0.4, 0.5) is 10.1 Å². The monoisotopic (exact) mass is 587 g/mol. The number of anilines is 1. The van der Waals surface area contributed by atoms with Crippen molar-refractivity contribution in [1.29, 1.82) is 5.26 Å². The van der Waals surface area contributed by atoms with Crippen molar-refractivity contribution < 1.29 is 23.8 Å². The summed E-state index contributed by atoms with van der Waals surface area (Å²) in [6, 6.07) is 15.5. The van der Waals surface area contributed by atoms with Gasteiger partial charge >= 0.3 is 0 Å². The number of ether oxygens (including phenoxy) is 1. The molecule has 2 fully saturated rings. The van der Waals surface area contributed by atoms with Crippen LogP contribution in [0.2, 0.25) is 0 Å². The van der Waals surface area contributed by atoms with Gasteiger partial charge in [-0.25, -0.2) is 9.37 Å². The van der Waals surface area contributed by atoms with Crippen LogP contribution in [0.5, 0.6) is 5.75 Å². The number of aromatic nitrogens is 1. The van der Waals surface area contributed by atoms with Crippen molar-refractivity contribution in [2.75, 3.05) is 18.0 Å². The first-order valence-electron chi connectivity index (χ1n) is 14.0. The summed E-state index contributed by atoms with van der Waals surface area (Å²) in [6.45, 7) is 2.08. The van der Waals surface area contributed by atoms with E-state index in [-0.39, 0.29) is 24.1 Å². The highest BCUT2D eigenvalue weighted by molar-refractivity contribution is 7.99. The second-order valence-electron chi connectivity index (χ2n) is 10.7. The number of hydrogen-bond donors (Lipinski definition) is 2. The predicted molar refractivity (Wildman–Crippen MR) is 154 cm³/mol. The van der Waals surface area contributed by atoms with Crippen LogP contribution in [0.25, 0.3) is 0 Å². The molecule has 4 heterocycles. The lowest BCUT2D eigenvalue weighted by atomic mass is 10.0. The molecule has 0 spiro atoms. The van der Waals surface area contributed by atoms with Crippen LogP contribution >= 0.6 is 11.8 Å². The lowest BCUT2D eigenvalue weighted by Crippen LogP contribution is -2.55. The molecule has 2 atom stereocenters. The lowest BCUT2D eigenvalue weighted by molar-refractivity contribution is -0.129. The summed E-state index contributed by atoms with van der Waals surface area (Å²) in [5.41, 5.74) is 3.09. The SMILES string of the molecule is N#Cc1ccc(N2CCC(Sc3ccc(COc4cccc5c4CN([C@@H]4CCC(=O)NC4O)C5=O)cn3)CC2)c(F)c1. The molecule has 2 N–H and O–H groups in total. The second-order valence-corrected chi connectivity index (χ2v) is 12.0. The number of fused-ring (bicyclic) bond motifs is 1. The Hall–Kier alpha value is -4.14. The Morgan fingerprint density at radius 2 is 1.98 bits per heavy atom. The van der Waals surface area contributed by atoms with E-state index in [2.05, 4.69) is 10.3 Å². The van der Waals surface area contributed by atoms with Crippen LogP contribution < -0.4 is 15.0 Å². The van der Waals surface area contributed by atoms with Gasteiger partial charge in [-0.2, -0.15) is 5.26 Å². The van der Waals surface area contributed by atoms with E-state index in [1.165, 1.54) is 6.07 Å². The molecule has 2 saturated heterocycles. The zero-order valence-corrected chi connectivity index (χ0v) is 23.6. The van der Waals surface area contributed by atoms with Gasteiger partial charge in [-0.1, -0.05) is 12.1 Å². The maximum absolute atomic E-state index is 14.4. The largest absolute Gasteiger partial charge is 0.488 e. The van der Waals surface area contributed by atoms with E-state index in [9.17, 15) is 19.1 Å². The summed E-state index contributed by atoms with van der Waals surface area (Å²) in [4.78, 5) is 32.9. The normalized spacial score (nSPS) is 20.7. The third-order valence-electron chi connectivity index (χ3n) is 8.03. The number of amides is 2. The number of nitriles is 1. The smallest absolute Gasteiger partial charge is 0.255 e. The van der Waals surface area contributed by atoms with Gasteiger partial charge in [0.25, 0.3) is 5.91 Å². The fourth-order valence-corrected chi connectivity index (χ4v) is 6.82. The summed E-state index contributed by atoms with van der Waals surface area (Å²) >= 11 is 1.72. The predicted octanol–water partition coefficient (Wildman–Crippen LogP) is 3.99. The molecule has 0 saturated carbocycles. The standard InChI is InChI=1S/C31H30FN5O4S/c32-24-14-19(15-33)4-6-25(24)36-12-10-21(11-13-36)42-29-9-5-20(16-34-29)18-41-27-3-1-2-22-23(27)17-37(31(22)40)26-7-8-28(38)35-30(26)39/h1-6,9,14,16,21,26,30,39H,7-8,10-13,17-18H2,(H,35,38)/t26-,30?/m1/s1. The van der Waals surface area contributed by atoms with E-state index < -0.39 is 12.3 Å². The lowest BCUT2D eigenvalue weighted by Gasteiger charge is -2.35. The van der Waals surface area contributed by atoms with E-state index in [4.69, 9.17) is 10.00 Å². The molecule has 3 aromatic rings. The third-order valence-corrected chi connectivity index (χ3v) is 9.32. The van der Waals surface area contributed by atoms with Crippen molar-refractivity contribution in [3.05, 3.63) is 82.8 Å². The minimum Gasteiger partial charge on any atom is -0.488 e. The molecule has 11 heteroatoms. The molecule has 3 aliphatic rings. The van der Waals surface area contributed by atoms with Gasteiger partial charge in [0.05, 0.1) is 34.9 Å². The Kier molecular flexibility index (Phi) is 8.00. The molecule has 6 rings (SSSR count). The number of aliphatic hydroxyl groups is 1. The van der Waals surface area contributed by atoms with E-state index in [0.29, 0.717) is 47.4 Å². The Morgan fingerprint density at radius 1 is 1.14 bits per heavy atom. The number of hydrogen-bond acceptors (Lipinski definition) is 8. The van der Waals surface area contributed by atoms with Gasteiger partial charge in [0, 0.05) is 47.6 Å². The van der Waals surface area contributed by atoms with Gasteiger partial charge in [-0.05, 0) is 55.7 Å². The van der Waals surface area contributed by atoms with Crippen LogP contribution in [-0.4, -0.2) is 57.4 Å². The first kappa shape index (κ1) is 28.0. The molecular formula is C31H30FN5O4S. The minimum absolute atomic E-state index is 0.174. The van der Waals surface area contributed by atoms with Gasteiger partial charge in [0.1, 0.15) is 24.4 Å². The number of nitrogens with one attached hydrogen (secondary N) is 1. The summed E-state index contributed by atoms with van der Waals surface area (Å²) in [5, 5.41) is 23.1. The molecule has 2 amide bonds. The molecule has 2 aromatic carbocycles. The zero-order chi connectivity index (χ0) is 29.2. The van der Waals surface area contributed by atoms with E-state index in [1.54, 1.807) is 47.1 Å². The number of piperidine rings is 2. The molecule has 0 bridgehead atoms. The molecule has 1 aromatic heterocycles. The first-order chi connectivity index (χ1) is 20.4. The molecule has 0 aliphatic carbocycles. The Labute approximate surface area is 247 Å². The summed E-state index contributed by atoms with van der Waals surface area (Å²) < 4.78 is 20.5. The molecule has 1 unspecified atom stereocenters. The van der Waals surface area contributed by atoms with E-state index >= 15 is 0 Å². The second kappa shape index (κ2) is 12.0. The molecule has 0 radical (unpaired) electrons. The maximum Gasteiger partial charge on any atom is 0.255 e. The topological polar surface area (TPSA) is 119 Å². The fraction of sp³-hybridized carbons (Fsp3) is 0.355.